The molecule has 0 atom stereocenters. The highest BCUT2D eigenvalue weighted by Crippen LogP contribution is 2.35. The summed E-state index contributed by atoms with van der Waals surface area (Å²) in [5, 5.41) is 26.5. The van der Waals surface area contributed by atoms with Gasteiger partial charge >= 0.3 is 0 Å². The Morgan fingerprint density at radius 2 is 1.69 bits per heavy atom. The summed E-state index contributed by atoms with van der Waals surface area (Å²) in [5.74, 6) is 0.573. The van der Waals surface area contributed by atoms with Crippen molar-refractivity contribution in [1.82, 2.24) is 4.98 Å². The van der Waals surface area contributed by atoms with Crippen LogP contribution < -0.4 is 5.73 Å². The van der Waals surface area contributed by atoms with Crippen LogP contribution in [0.25, 0.3) is 6.08 Å². The molecule has 0 unspecified atom stereocenters. The number of hydrogen-bond donors (Lipinski definition) is 1. The lowest BCUT2D eigenvalue weighted by Crippen LogP contribution is -2.02. The zero-order valence-electron chi connectivity index (χ0n) is 15.2. The monoisotopic (exact) mass is 364 g/mol. The van der Waals surface area contributed by atoms with Crippen LogP contribution in [0.15, 0.2) is 34.1 Å². The van der Waals surface area contributed by atoms with Gasteiger partial charge in [-0.15, -0.1) is 10.2 Å². The van der Waals surface area contributed by atoms with E-state index in [0.717, 1.165) is 22.5 Å². The molecule has 6 nitrogen and oxygen atoms in total. The predicted molar refractivity (Wildman–Crippen MR) is 105 cm³/mol. The van der Waals surface area contributed by atoms with Gasteiger partial charge in [0.15, 0.2) is 0 Å². The van der Waals surface area contributed by atoms with Gasteiger partial charge in [-0.3, -0.25) is 0 Å². The second-order valence-corrected chi connectivity index (χ2v) is 7.41. The Labute approximate surface area is 157 Å². The summed E-state index contributed by atoms with van der Waals surface area (Å²) >= 11 is 1.26. The summed E-state index contributed by atoms with van der Waals surface area (Å²) in [5.41, 5.74) is 9.98. The molecular weight excluding hydrogens is 344 g/mol. The van der Waals surface area contributed by atoms with Crippen molar-refractivity contribution in [2.45, 2.75) is 39.5 Å². The molecule has 7 heteroatoms. The lowest BCUT2D eigenvalue weighted by molar-refractivity contribution is 0.839. The zero-order chi connectivity index (χ0) is 19.3. The predicted octanol–water partition coefficient (Wildman–Crippen LogP) is 5.82. The van der Waals surface area contributed by atoms with Gasteiger partial charge in [0.2, 0.25) is 5.13 Å². The van der Waals surface area contributed by atoms with E-state index in [2.05, 4.69) is 42.9 Å². The summed E-state index contributed by atoms with van der Waals surface area (Å²) in [6, 6.07) is 7.54. The molecule has 2 aromatic rings. The van der Waals surface area contributed by atoms with E-state index in [4.69, 9.17) is 16.3 Å². The number of anilines is 1. The standard InChI is InChI=1S/C19H20N6S/c1-11(2)16-6-14(7-17(12(3)4)18(16)22)24-25-19-23-10-15(26-19)5-13(8-20)9-21/h5-7,10-12H,22H2,1-4H3. The van der Waals surface area contributed by atoms with Crippen molar-refractivity contribution in [1.29, 1.82) is 10.5 Å². The van der Waals surface area contributed by atoms with Gasteiger partial charge < -0.3 is 5.73 Å². The van der Waals surface area contributed by atoms with Crippen molar-refractivity contribution in [2.24, 2.45) is 10.2 Å². The SMILES string of the molecule is CC(C)c1cc(N=Nc2ncc(C=C(C#N)C#N)s2)cc(C(C)C)c1N. The molecule has 0 amide bonds. The number of allylic oxidation sites excluding steroid dienone is 1. The Hall–Kier alpha value is -3.03. The number of azo groups is 1. The van der Waals surface area contributed by atoms with Crippen LogP contribution in [0, 0.1) is 22.7 Å². The minimum absolute atomic E-state index is 0.0267. The molecule has 0 aliphatic heterocycles. The Morgan fingerprint density at radius 1 is 1.12 bits per heavy atom. The highest BCUT2D eigenvalue weighted by molar-refractivity contribution is 7.16. The topological polar surface area (TPSA) is 111 Å². The maximum Gasteiger partial charge on any atom is 0.230 e. The number of rotatable bonds is 5. The van der Waals surface area contributed by atoms with Crippen LogP contribution in [0.3, 0.4) is 0 Å². The Kier molecular flexibility index (Phi) is 6.21. The van der Waals surface area contributed by atoms with Gasteiger partial charge in [-0.2, -0.15) is 10.5 Å². The summed E-state index contributed by atoms with van der Waals surface area (Å²) < 4.78 is 0. The minimum Gasteiger partial charge on any atom is -0.398 e. The van der Waals surface area contributed by atoms with E-state index in [-0.39, 0.29) is 17.4 Å². The largest absolute Gasteiger partial charge is 0.398 e. The molecule has 2 rings (SSSR count). The van der Waals surface area contributed by atoms with Crippen LogP contribution in [0.2, 0.25) is 0 Å². The summed E-state index contributed by atoms with van der Waals surface area (Å²) in [6.07, 6.45) is 3.05. The van der Waals surface area contributed by atoms with E-state index in [1.807, 2.05) is 24.3 Å². The fraction of sp³-hybridized carbons (Fsp3) is 0.316. The summed E-state index contributed by atoms with van der Waals surface area (Å²) in [4.78, 5) is 4.84. The molecule has 1 aromatic heterocycles. The van der Waals surface area contributed by atoms with Gasteiger partial charge in [-0.1, -0.05) is 39.0 Å². The molecular formula is C19H20N6S. The number of nitrogen functional groups attached to an aromatic ring is 1. The molecule has 0 saturated carbocycles. The lowest BCUT2D eigenvalue weighted by atomic mass is 9.92. The second-order valence-electron chi connectivity index (χ2n) is 6.37. The average Bonchev–Trinajstić information content (AvgIpc) is 3.05. The van der Waals surface area contributed by atoms with E-state index < -0.39 is 0 Å². The van der Waals surface area contributed by atoms with Crippen LogP contribution >= 0.6 is 11.3 Å². The first kappa shape index (κ1) is 19.3. The van der Waals surface area contributed by atoms with Crippen LogP contribution in [0.1, 0.15) is 55.5 Å². The molecule has 0 bridgehead atoms. The molecule has 132 valence electrons. The van der Waals surface area contributed by atoms with Crippen molar-refractivity contribution in [2.75, 3.05) is 5.73 Å². The van der Waals surface area contributed by atoms with Gasteiger partial charge in [-0.05, 0) is 41.2 Å². The normalized spacial score (nSPS) is 10.9. The maximum atomic E-state index is 8.80. The third-order valence-corrected chi connectivity index (χ3v) is 4.59. The molecule has 0 fully saturated rings. The van der Waals surface area contributed by atoms with Crippen molar-refractivity contribution in [3.8, 4) is 12.1 Å². The molecule has 0 radical (unpaired) electrons. The van der Waals surface area contributed by atoms with Crippen LogP contribution in [0.5, 0.6) is 0 Å². The summed E-state index contributed by atoms with van der Waals surface area (Å²) in [6.45, 7) is 8.38. The number of thiazole rings is 1. The molecule has 0 aliphatic carbocycles. The molecule has 0 spiro atoms. The Morgan fingerprint density at radius 3 is 2.19 bits per heavy atom. The second kappa shape index (κ2) is 8.37. The van der Waals surface area contributed by atoms with E-state index >= 15 is 0 Å². The zero-order valence-corrected chi connectivity index (χ0v) is 16.0. The van der Waals surface area contributed by atoms with Crippen molar-refractivity contribution in [3.05, 3.63) is 39.9 Å². The number of benzene rings is 1. The van der Waals surface area contributed by atoms with Gasteiger partial charge in [0, 0.05) is 11.9 Å². The van der Waals surface area contributed by atoms with Gasteiger partial charge in [0.05, 0.1) is 10.6 Å². The third kappa shape index (κ3) is 4.53. The fourth-order valence-corrected chi connectivity index (χ4v) is 3.10. The summed E-state index contributed by atoms with van der Waals surface area (Å²) in [7, 11) is 0. The number of nitrogens with zero attached hydrogens (tertiary/aromatic N) is 5. The molecule has 1 heterocycles. The van der Waals surface area contributed by atoms with E-state index in [1.54, 1.807) is 6.20 Å². The van der Waals surface area contributed by atoms with Crippen LogP contribution in [-0.2, 0) is 0 Å². The number of nitrogens with two attached hydrogens (primary N) is 1. The number of nitriles is 2. The molecule has 0 aliphatic rings. The minimum atomic E-state index is 0.0267. The third-order valence-electron chi connectivity index (χ3n) is 3.76. The number of aromatic nitrogens is 1. The maximum absolute atomic E-state index is 8.80. The van der Waals surface area contributed by atoms with Gasteiger partial charge in [-0.25, -0.2) is 4.98 Å². The smallest absolute Gasteiger partial charge is 0.230 e. The molecule has 0 saturated heterocycles. The van der Waals surface area contributed by atoms with Crippen LogP contribution in [0.4, 0.5) is 16.5 Å². The molecule has 26 heavy (non-hydrogen) atoms. The highest BCUT2D eigenvalue weighted by Gasteiger charge is 2.13. The lowest BCUT2D eigenvalue weighted by Gasteiger charge is -2.17. The fourth-order valence-electron chi connectivity index (χ4n) is 2.42. The van der Waals surface area contributed by atoms with Crippen molar-refractivity contribution < 1.29 is 0 Å². The van der Waals surface area contributed by atoms with E-state index in [1.165, 1.54) is 17.4 Å². The van der Waals surface area contributed by atoms with E-state index in [9.17, 15) is 0 Å². The van der Waals surface area contributed by atoms with Crippen LogP contribution in [-0.4, -0.2) is 4.98 Å². The highest BCUT2D eigenvalue weighted by atomic mass is 32.1. The van der Waals surface area contributed by atoms with Gasteiger partial charge in [0.1, 0.15) is 17.7 Å². The van der Waals surface area contributed by atoms with Crippen molar-refractivity contribution >= 4 is 33.9 Å². The average molecular weight is 364 g/mol. The van der Waals surface area contributed by atoms with E-state index in [0.29, 0.717) is 10.0 Å². The van der Waals surface area contributed by atoms with Gasteiger partial charge in [0.25, 0.3) is 0 Å². The first-order valence-electron chi connectivity index (χ1n) is 8.18. The molecule has 2 N–H and O–H groups in total. The van der Waals surface area contributed by atoms with Crippen molar-refractivity contribution in [3.63, 3.8) is 0 Å². The quantitative estimate of drug-likeness (QED) is 0.409. The number of hydrogen-bond acceptors (Lipinski definition) is 7. The Bertz CT molecular complexity index is 893. The Balaban J connectivity index is 2.34. The molecule has 1 aromatic carbocycles. The first-order chi connectivity index (χ1) is 12.3. The first-order valence-corrected chi connectivity index (χ1v) is 9.00.